The highest BCUT2D eigenvalue weighted by Crippen LogP contribution is 2.19. The van der Waals surface area contributed by atoms with E-state index in [0.29, 0.717) is 5.69 Å². The predicted octanol–water partition coefficient (Wildman–Crippen LogP) is 2.26. The molecule has 1 aromatic carbocycles. The Morgan fingerprint density at radius 1 is 1.35 bits per heavy atom. The number of nitrogens with zero attached hydrogens (tertiary/aromatic N) is 3. The minimum absolute atomic E-state index is 0.424. The zero-order valence-electron chi connectivity index (χ0n) is 10.3. The fourth-order valence-corrected chi connectivity index (χ4v) is 1.89. The number of rotatable bonds is 3. The van der Waals surface area contributed by atoms with Crippen molar-refractivity contribution in [3.63, 3.8) is 0 Å². The van der Waals surface area contributed by atoms with Crippen LogP contribution in [0.1, 0.15) is 34.2 Å². The van der Waals surface area contributed by atoms with Gasteiger partial charge in [0.15, 0.2) is 6.29 Å². The van der Waals surface area contributed by atoms with E-state index in [2.05, 4.69) is 23.3 Å². The van der Waals surface area contributed by atoms with Gasteiger partial charge < -0.3 is 0 Å². The molecular weight excluding hydrogens is 214 g/mol. The number of carbonyl (C=O) groups is 1. The second-order valence-electron chi connectivity index (χ2n) is 4.02. The van der Waals surface area contributed by atoms with Crippen molar-refractivity contribution in [2.45, 2.75) is 27.2 Å². The van der Waals surface area contributed by atoms with Gasteiger partial charge in [0.25, 0.3) is 0 Å². The fraction of sp³-hybridized carbons (Fsp3) is 0.308. The molecular formula is C13H15N3O. The molecule has 1 heterocycles. The third kappa shape index (κ3) is 1.86. The monoisotopic (exact) mass is 229 g/mol. The smallest absolute Gasteiger partial charge is 0.172 e. The van der Waals surface area contributed by atoms with Crippen molar-refractivity contribution in [1.29, 1.82) is 0 Å². The standard InChI is InChI=1S/C13H15N3O/c1-4-12-11(8-17)14-15-16(12)13-7-5-6-9(2)10(13)3/h5-8H,4H2,1-3H3. The lowest BCUT2D eigenvalue weighted by atomic mass is 10.1. The van der Waals surface area contributed by atoms with Crippen molar-refractivity contribution in [3.05, 3.63) is 40.7 Å². The second-order valence-corrected chi connectivity index (χ2v) is 4.02. The maximum Gasteiger partial charge on any atom is 0.172 e. The van der Waals surface area contributed by atoms with Gasteiger partial charge in [0.05, 0.1) is 11.4 Å². The first-order valence-corrected chi connectivity index (χ1v) is 5.65. The van der Waals surface area contributed by atoms with Gasteiger partial charge in [-0.25, -0.2) is 4.68 Å². The summed E-state index contributed by atoms with van der Waals surface area (Å²) in [5.41, 5.74) is 4.63. The highest BCUT2D eigenvalue weighted by atomic mass is 16.1. The normalized spacial score (nSPS) is 10.5. The first kappa shape index (κ1) is 11.5. The van der Waals surface area contributed by atoms with Crippen molar-refractivity contribution in [2.75, 3.05) is 0 Å². The molecule has 0 aliphatic carbocycles. The van der Waals surface area contributed by atoms with Crippen LogP contribution in [-0.2, 0) is 6.42 Å². The maximum atomic E-state index is 10.9. The van der Waals surface area contributed by atoms with Crippen molar-refractivity contribution < 1.29 is 4.79 Å². The third-order valence-corrected chi connectivity index (χ3v) is 3.04. The molecule has 0 amide bonds. The Hall–Kier alpha value is -1.97. The number of hydrogen-bond donors (Lipinski definition) is 0. The van der Waals surface area contributed by atoms with Crippen LogP contribution in [0.15, 0.2) is 18.2 Å². The molecule has 0 aliphatic rings. The van der Waals surface area contributed by atoms with Crippen LogP contribution in [0, 0.1) is 13.8 Å². The molecule has 0 N–H and O–H groups in total. The van der Waals surface area contributed by atoms with E-state index in [9.17, 15) is 4.79 Å². The SMILES string of the molecule is CCc1c(C=O)nnn1-c1cccc(C)c1C. The summed E-state index contributed by atoms with van der Waals surface area (Å²) in [6.45, 7) is 6.10. The molecule has 0 atom stereocenters. The molecule has 4 heteroatoms. The summed E-state index contributed by atoms with van der Waals surface area (Å²) < 4.78 is 1.76. The van der Waals surface area contributed by atoms with E-state index in [4.69, 9.17) is 0 Å². The van der Waals surface area contributed by atoms with Gasteiger partial charge in [-0.3, -0.25) is 4.79 Å². The Morgan fingerprint density at radius 3 is 2.76 bits per heavy atom. The summed E-state index contributed by atoms with van der Waals surface area (Å²) in [7, 11) is 0. The molecule has 0 saturated heterocycles. The van der Waals surface area contributed by atoms with E-state index in [1.54, 1.807) is 4.68 Å². The van der Waals surface area contributed by atoms with E-state index in [1.165, 1.54) is 5.56 Å². The molecule has 0 bridgehead atoms. The first-order chi connectivity index (χ1) is 8.19. The van der Waals surface area contributed by atoms with Gasteiger partial charge >= 0.3 is 0 Å². The van der Waals surface area contributed by atoms with Crippen LogP contribution in [0.2, 0.25) is 0 Å². The molecule has 0 aliphatic heterocycles. The van der Waals surface area contributed by atoms with Crippen molar-refractivity contribution >= 4 is 6.29 Å². The lowest BCUT2D eigenvalue weighted by Crippen LogP contribution is -2.05. The molecule has 1 aromatic heterocycles. The van der Waals surface area contributed by atoms with Gasteiger partial charge in [-0.05, 0) is 37.5 Å². The number of aldehydes is 1. The third-order valence-electron chi connectivity index (χ3n) is 3.04. The molecule has 0 saturated carbocycles. The zero-order chi connectivity index (χ0) is 12.4. The minimum atomic E-state index is 0.424. The molecule has 2 aromatic rings. The topological polar surface area (TPSA) is 47.8 Å². The summed E-state index contributed by atoms with van der Waals surface area (Å²) in [6, 6.07) is 6.03. The zero-order valence-corrected chi connectivity index (χ0v) is 10.3. The van der Waals surface area contributed by atoms with Gasteiger partial charge in [0.1, 0.15) is 5.69 Å². The summed E-state index contributed by atoms with van der Waals surface area (Å²) in [5, 5.41) is 7.96. The average molecular weight is 229 g/mol. The number of benzene rings is 1. The van der Waals surface area contributed by atoms with Crippen molar-refractivity contribution in [2.24, 2.45) is 0 Å². The predicted molar refractivity (Wildman–Crippen MR) is 65.6 cm³/mol. The van der Waals surface area contributed by atoms with Crippen LogP contribution in [0.25, 0.3) is 5.69 Å². The Kier molecular flexibility index (Phi) is 3.04. The molecule has 0 radical (unpaired) electrons. The lowest BCUT2D eigenvalue weighted by Gasteiger charge is -2.10. The van der Waals surface area contributed by atoms with Crippen molar-refractivity contribution in [1.82, 2.24) is 15.0 Å². The van der Waals surface area contributed by atoms with Gasteiger partial charge in [0, 0.05) is 0 Å². The summed E-state index contributed by atoms with van der Waals surface area (Å²) in [6.07, 6.45) is 1.49. The Balaban J connectivity index is 2.64. The van der Waals surface area contributed by atoms with E-state index in [1.807, 2.05) is 26.0 Å². The summed E-state index contributed by atoms with van der Waals surface area (Å²) >= 11 is 0. The van der Waals surface area contributed by atoms with Crippen molar-refractivity contribution in [3.8, 4) is 5.69 Å². The highest BCUT2D eigenvalue weighted by Gasteiger charge is 2.13. The Labute approximate surface area is 100 Å². The Morgan fingerprint density at radius 2 is 2.12 bits per heavy atom. The summed E-state index contributed by atoms with van der Waals surface area (Å²) in [5.74, 6) is 0. The summed E-state index contributed by atoms with van der Waals surface area (Å²) in [4.78, 5) is 10.9. The molecule has 0 spiro atoms. The van der Waals surface area contributed by atoms with Gasteiger partial charge in [-0.2, -0.15) is 0 Å². The van der Waals surface area contributed by atoms with E-state index in [0.717, 1.165) is 29.7 Å². The number of hydrogen-bond acceptors (Lipinski definition) is 3. The number of aryl methyl sites for hydroxylation is 1. The van der Waals surface area contributed by atoms with Crippen LogP contribution in [0.5, 0.6) is 0 Å². The fourth-order valence-electron chi connectivity index (χ4n) is 1.89. The largest absolute Gasteiger partial charge is 0.296 e. The maximum absolute atomic E-state index is 10.9. The quantitative estimate of drug-likeness (QED) is 0.758. The van der Waals surface area contributed by atoms with Crippen LogP contribution >= 0.6 is 0 Å². The highest BCUT2D eigenvalue weighted by molar-refractivity contribution is 5.73. The van der Waals surface area contributed by atoms with Gasteiger partial charge in [-0.1, -0.05) is 24.3 Å². The molecule has 0 fully saturated rings. The molecule has 0 unspecified atom stereocenters. The van der Waals surface area contributed by atoms with Gasteiger partial charge in [-0.15, -0.1) is 5.10 Å². The molecule has 88 valence electrons. The number of aromatic nitrogens is 3. The lowest BCUT2D eigenvalue weighted by molar-refractivity contribution is 0.111. The minimum Gasteiger partial charge on any atom is -0.296 e. The second kappa shape index (κ2) is 4.49. The molecule has 2 rings (SSSR count). The number of carbonyl (C=O) groups excluding carboxylic acids is 1. The van der Waals surface area contributed by atoms with Crippen LogP contribution in [0.4, 0.5) is 0 Å². The van der Waals surface area contributed by atoms with Crippen LogP contribution < -0.4 is 0 Å². The van der Waals surface area contributed by atoms with Crippen LogP contribution in [-0.4, -0.2) is 21.3 Å². The average Bonchev–Trinajstić information content (AvgIpc) is 2.75. The van der Waals surface area contributed by atoms with E-state index in [-0.39, 0.29) is 0 Å². The molecule has 4 nitrogen and oxygen atoms in total. The Bertz CT molecular complexity index is 558. The van der Waals surface area contributed by atoms with Gasteiger partial charge in [0.2, 0.25) is 0 Å². The first-order valence-electron chi connectivity index (χ1n) is 5.65. The van der Waals surface area contributed by atoms with Crippen LogP contribution in [0.3, 0.4) is 0 Å². The molecule has 17 heavy (non-hydrogen) atoms. The van der Waals surface area contributed by atoms with E-state index >= 15 is 0 Å². The van der Waals surface area contributed by atoms with E-state index < -0.39 is 0 Å².